The Morgan fingerprint density at radius 3 is 2.67 bits per heavy atom. The van der Waals surface area contributed by atoms with Crippen molar-refractivity contribution in [3.8, 4) is 0 Å². The molecule has 3 aliphatic heterocycles. The Morgan fingerprint density at radius 2 is 2.22 bits per heavy atom. The quantitative estimate of drug-likeness (QED) is 0.728. The summed E-state index contributed by atoms with van der Waals surface area (Å²) in [5.74, 6) is -0.168. The molecule has 0 aromatic heterocycles. The second-order valence-corrected chi connectivity index (χ2v) is 7.69. The van der Waals surface area contributed by atoms with Gasteiger partial charge in [0.1, 0.15) is 5.71 Å². The molecule has 0 saturated carbocycles. The first kappa shape index (κ1) is 11.9. The zero-order chi connectivity index (χ0) is 13.0. The molecular weight excluding hydrogens is 258 g/mol. The Kier molecular flexibility index (Phi) is 2.43. The Morgan fingerprint density at radius 1 is 1.56 bits per heavy atom. The highest BCUT2D eigenvalue weighted by Gasteiger charge is 2.49. The van der Waals surface area contributed by atoms with Crippen molar-refractivity contribution < 1.29 is 18.6 Å². The third-order valence-electron chi connectivity index (χ3n) is 3.59. The zero-order valence-electron chi connectivity index (χ0n) is 10.0. The summed E-state index contributed by atoms with van der Waals surface area (Å²) in [5, 5.41) is 3.61. The van der Waals surface area contributed by atoms with E-state index in [-0.39, 0.29) is 11.2 Å². The van der Waals surface area contributed by atoms with E-state index >= 15 is 0 Å². The van der Waals surface area contributed by atoms with Gasteiger partial charge in [-0.05, 0) is 0 Å². The van der Waals surface area contributed by atoms with Crippen molar-refractivity contribution >= 4 is 21.3 Å². The molecule has 2 fully saturated rings. The molecule has 1 N–H and O–H groups in total. The van der Waals surface area contributed by atoms with Gasteiger partial charge in [0.2, 0.25) is 0 Å². The summed E-state index contributed by atoms with van der Waals surface area (Å²) in [6, 6.07) is 0. The average molecular weight is 273 g/mol. The molecule has 1 unspecified atom stereocenters. The molecule has 1 amide bonds. The number of nitrogens with one attached hydrogen (secondary N) is 1. The number of likely N-dealkylation sites (tertiary alicyclic amines) is 1. The molecule has 7 nitrogen and oxygen atoms in total. The van der Waals surface area contributed by atoms with Crippen LogP contribution in [0.5, 0.6) is 0 Å². The number of hydrogen-bond donors (Lipinski definition) is 1. The number of ether oxygens (including phenoxy) is 1. The van der Waals surface area contributed by atoms with Crippen LogP contribution in [-0.2, 0) is 24.1 Å². The topological polar surface area (TPSA) is 92.1 Å². The van der Waals surface area contributed by atoms with E-state index in [1.807, 2.05) is 0 Å². The van der Waals surface area contributed by atoms with E-state index in [4.69, 9.17) is 14.4 Å². The molecule has 0 aromatic rings. The van der Waals surface area contributed by atoms with Crippen LogP contribution in [-0.4, -0.2) is 64.1 Å². The highest BCUT2D eigenvalue weighted by Crippen LogP contribution is 2.32. The van der Waals surface area contributed by atoms with Crippen molar-refractivity contribution in [2.75, 3.05) is 32.6 Å². The number of carbonyl (C=O) groups is 1. The van der Waals surface area contributed by atoms with Gasteiger partial charge in [0.05, 0.1) is 18.5 Å². The highest BCUT2D eigenvalue weighted by molar-refractivity contribution is 7.92. The molecule has 0 bridgehead atoms. The molecule has 0 aromatic carbocycles. The minimum atomic E-state index is -2.56. The predicted octanol–water partition coefficient (Wildman–Crippen LogP) is -0.581. The fourth-order valence-electron chi connectivity index (χ4n) is 2.19. The second kappa shape index (κ2) is 3.67. The van der Waals surface area contributed by atoms with Gasteiger partial charge >= 0.3 is 0 Å². The normalized spacial score (nSPS) is 28.9. The molecule has 8 heteroatoms. The van der Waals surface area contributed by atoms with Crippen LogP contribution in [0.3, 0.4) is 0 Å². The van der Waals surface area contributed by atoms with E-state index in [1.54, 1.807) is 4.90 Å². The molecule has 0 radical (unpaired) electrons. The fraction of sp³-hybridized carbons (Fsp3) is 0.800. The molecule has 3 aliphatic rings. The molecule has 2 saturated heterocycles. The molecule has 0 aliphatic carbocycles. The lowest BCUT2D eigenvalue weighted by atomic mass is 9.95. The Labute approximate surface area is 105 Å². The van der Waals surface area contributed by atoms with E-state index in [0.717, 1.165) is 0 Å². The Hall–Kier alpha value is -1.15. The fourth-order valence-corrected chi connectivity index (χ4v) is 3.12. The van der Waals surface area contributed by atoms with Gasteiger partial charge in [-0.1, -0.05) is 5.16 Å². The molecule has 3 heterocycles. The lowest BCUT2D eigenvalue weighted by Gasteiger charge is -2.39. The minimum absolute atomic E-state index is 0.168. The first-order valence-electron chi connectivity index (χ1n) is 5.74. The van der Waals surface area contributed by atoms with Crippen molar-refractivity contribution in [3.63, 3.8) is 0 Å². The summed E-state index contributed by atoms with van der Waals surface area (Å²) in [6.45, 7) is 1.71. The number of rotatable bonds is 2. The highest BCUT2D eigenvalue weighted by atomic mass is 32.2. The van der Waals surface area contributed by atoms with Crippen LogP contribution in [0.15, 0.2) is 5.16 Å². The van der Waals surface area contributed by atoms with Crippen LogP contribution in [0.2, 0.25) is 0 Å². The van der Waals surface area contributed by atoms with E-state index in [9.17, 15) is 9.00 Å². The molecule has 18 heavy (non-hydrogen) atoms. The standard InChI is InChI=1S/C10H15N3O4S/c1-18(11,15)7-3-13(4-7)9(14)8-2-10(17-12-8)5-16-6-10/h7,11H,2-6H2,1H3. The van der Waals surface area contributed by atoms with Crippen molar-refractivity contribution in [3.05, 3.63) is 0 Å². The van der Waals surface area contributed by atoms with Crippen molar-refractivity contribution in [2.24, 2.45) is 5.16 Å². The summed E-state index contributed by atoms with van der Waals surface area (Å²) >= 11 is 0. The van der Waals surface area contributed by atoms with Gasteiger partial charge in [-0.25, -0.2) is 4.21 Å². The number of oxime groups is 1. The maximum Gasteiger partial charge on any atom is 0.271 e. The van der Waals surface area contributed by atoms with Crippen molar-refractivity contribution in [1.82, 2.24) is 4.90 Å². The Bertz CT molecular complexity index is 517. The minimum Gasteiger partial charge on any atom is -0.383 e. The summed E-state index contributed by atoms with van der Waals surface area (Å²) in [4.78, 5) is 18.9. The number of amides is 1. The number of hydrogen-bond acceptors (Lipinski definition) is 6. The molecule has 100 valence electrons. The molecule has 3 rings (SSSR count). The van der Waals surface area contributed by atoms with Gasteiger partial charge < -0.3 is 14.5 Å². The maximum atomic E-state index is 12.0. The maximum absolute atomic E-state index is 12.0. The third kappa shape index (κ3) is 1.79. The van der Waals surface area contributed by atoms with Crippen LogP contribution in [0, 0.1) is 4.78 Å². The van der Waals surface area contributed by atoms with Crippen LogP contribution < -0.4 is 0 Å². The van der Waals surface area contributed by atoms with Gasteiger partial charge in [-0.15, -0.1) is 0 Å². The third-order valence-corrected chi connectivity index (χ3v) is 5.16. The first-order chi connectivity index (χ1) is 8.40. The van der Waals surface area contributed by atoms with E-state index in [1.165, 1.54) is 6.26 Å². The SMILES string of the molecule is CS(=N)(=O)C1CN(C(=O)C2=NOC3(COC3)C2)C1. The van der Waals surface area contributed by atoms with Crippen molar-refractivity contribution in [1.29, 1.82) is 4.78 Å². The lowest BCUT2D eigenvalue weighted by Crippen LogP contribution is -2.58. The molecular formula is C10H15N3O4S. The lowest BCUT2D eigenvalue weighted by molar-refractivity contribution is -0.194. The number of nitrogens with zero attached hydrogens (tertiary/aromatic N) is 2. The summed E-state index contributed by atoms with van der Waals surface area (Å²) in [5.41, 5.74) is -0.00692. The molecule has 1 atom stereocenters. The first-order valence-corrected chi connectivity index (χ1v) is 7.77. The van der Waals surface area contributed by atoms with Crippen LogP contribution in [0.1, 0.15) is 6.42 Å². The molecule has 1 spiro atoms. The predicted molar refractivity (Wildman–Crippen MR) is 63.8 cm³/mol. The van der Waals surface area contributed by atoms with Gasteiger partial charge in [-0.2, -0.15) is 0 Å². The summed E-state index contributed by atoms with van der Waals surface area (Å²) in [6.07, 6.45) is 1.89. The van der Waals surface area contributed by atoms with Gasteiger partial charge in [-0.3, -0.25) is 9.57 Å². The monoisotopic (exact) mass is 273 g/mol. The van der Waals surface area contributed by atoms with Crippen LogP contribution in [0.4, 0.5) is 0 Å². The summed E-state index contributed by atoms with van der Waals surface area (Å²) in [7, 11) is -2.56. The van der Waals surface area contributed by atoms with E-state index < -0.39 is 15.3 Å². The number of carbonyl (C=O) groups excluding carboxylic acids is 1. The van der Waals surface area contributed by atoms with E-state index in [0.29, 0.717) is 38.4 Å². The smallest absolute Gasteiger partial charge is 0.271 e. The average Bonchev–Trinajstić information content (AvgIpc) is 2.56. The van der Waals surface area contributed by atoms with Gasteiger partial charge in [0, 0.05) is 35.5 Å². The zero-order valence-corrected chi connectivity index (χ0v) is 10.9. The van der Waals surface area contributed by atoms with E-state index in [2.05, 4.69) is 5.16 Å². The van der Waals surface area contributed by atoms with Crippen LogP contribution >= 0.6 is 0 Å². The Balaban J connectivity index is 1.58. The van der Waals surface area contributed by atoms with Crippen LogP contribution in [0.25, 0.3) is 0 Å². The largest absolute Gasteiger partial charge is 0.383 e. The summed E-state index contributed by atoms with van der Waals surface area (Å²) < 4.78 is 24.0. The van der Waals surface area contributed by atoms with Gasteiger partial charge in [0.15, 0.2) is 5.60 Å². The second-order valence-electron chi connectivity index (χ2n) is 5.22. The van der Waals surface area contributed by atoms with Gasteiger partial charge in [0.25, 0.3) is 5.91 Å². The van der Waals surface area contributed by atoms with Crippen molar-refractivity contribution in [2.45, 2.75) is 17.3 Å².